The van der Waals surface area contributed by atoms with Gasteiger partial charge in [0.15, 0.2) is 14.4 Å². The number of para-hydroxylation sites is 1. The van der Waals surface area contributed by atoms with Crippen LogP contribution in [0, 0.1) is 0 Å². The summed E-state index contributed by atoms with van der Waals surface area (Å²) in [5.74, 6) is 0.271. The van der Waals surface area contributed by atoms with Crippen LogP contribution in [0.15, 0.2) is 33.5 Å². The Kier molecular flexibility index (Phi) is 4.68. The number of ether oxygens (including phenoxy) is 2. The first kappa shape index (κ1) is 14.2. The van der Waals surface area contributed by atoms with Crippen LogP contribution in [-0.2, 0) is 4.74 Å². The molecule has 19 heavy (non-hydrogen) atoms. The number of nitrogens with zero attached hydrogens (tertiary/aromatic N) is 1. The van der Waals surface area contributed by atoms with Crippen molar-refractivity contribution >= 4 is 40.7 Å². The van der Waals surface area contributed by atoms with E-state index in [0.29, 0.717) is 9.22 Å². The minimum absolute atomic E-state index is 0.161. The first-order valence-corrected chi connectivity index (χ1v) is 7.22. The molecule has 0 fully saturated rings. The highest BCUT2D eigenvalue weighted by Crippen LogP contribution is 2.38. The van der Waals surface area contributed by atoms with E-state index in [1.54, 1.807) is 7.11 Å². The van der Waals surface area contributed by atoms with Crippen LogP contribution in [0.4, 0.5) is 0 Å². The van der Waals surface area contributed by atoms with Crippen molar-refractivity contribution in [3.63, 3.8) is 0 Å². The average molecular weight is 316 g/mol. The van der Waals surface area contributed by atoms with Crippen LogP contribution in [0.2, 0.25) is 5.15 Å². The zero-order valence-corrected chi connectivity index (χ0v) is 12.6. The van der Waals surface area contributed by atoms with Gasteiger partial charge >= 0.3 is 5.97 Å². The van der Waals surface area contributed by atoms with Gasteiger partial charge in [0.2, 0.25) is 0 Å². The Balaban J connectivity index is 2.27. The number of carbonyl (C=O) groups is 1. The molecule has 100 valence electrons. The van der Waals surface area contributed by atoms with Crippen LogP contribution in [0.3, 0.4) is 0 Å². The second-order valence-corrected chi connectivity index (χ2v) is 5.99. The number of hydrogen-bond donors (Lipinski definition) is 0. The van der Waals surface area contributed by atoms with Gasteiger partial charge in [0.1, 0.15) is 5.75 Å². The highest BCUT2D eigenvalue weighted by atomic mass is 35.5. The maximum atomic E-state index is 11.5. The molecular formula is C12H10ClNO3S2. The Morgan fingerprint density at radius 2 is 2.11 bits per heavy atom. The van der Waals surface area contributed by atoms with Crippen LogP contribution in [0.1, 0.15) is 9.67 Å². The molecule has 0 aliphatic heterocycles. The van der Waals surface area contributed by atoms with Crippen LogP contribution in [0.5, 0.6) is 5.75 Å². The van der Waals surface area contributed by atoms with Crippen LogP contribution < -0.4 is 4.74 Å². The summed E-state index contributed by atoms with van der Waals surface area (Å²) >= 11 is 8.50. The van der Waals surface area contributed by atoms with E-state index in [2.05, 4.69) is 9.72 Å². The molecule has 4 nitrogen and oxygen atoms in total. The number of aromatic nitrogens is 1. The SMILES string of the molecule is COC(=O)c1sc(Sc2ccccc2OC)nc1Cl. The van der Waals surface area contributed by atoms with Gasteiger partial charge in [0.25, 0.3) is 0 Å². The first-order chi connectivity index (χ1) is 9.15. The zero-order valence-electron chi connectivity index (χ0n) is 10.2. The molecule has 0 aliphatic carbocycles. The Morgan fingerprint density at radius 1 is 1.37 bits per heavy atom. The molecule has 0 unspecified atom stereocenters. The Hall–Kier alpha value is -1.24. The summed E-state index contributed by atoms with van der Waals surface area (Å²) in [5, 5.41) is 0.161. The van der Waals surface area contributed by atoms with Gasteiger partial charge in [-0.2, -0.15) is 0 Å². The quantitative estimate of drug-likeness (QED) is 0.804. The van der Waals surface area contributed by atoms with Crippen molar-refractivity contribution in [2.45, 2.75) is 9.24 Å². The van der Waals surface area contributed by atoms with E-state index in [4.69, 9.17) is 16.3 Å². The fourth-order valence-corrected chi connectivity index (χ4v) is 3.74. The van der Waals surface area contributed by atoms with Gasteiger partial charge < -0.3 is 9.47 Å². The number of methoxy groups -OCH3 is 2. The molecule has 0 atom stereocenters. The van der Waals surface area contributed by atoms with Gasteiger partial charge in [0.05, 0.1) is 19.1 Å². The minimum atomic E-state index is -0.477. The van der Waals surface area contributed by atoms with Crippen molar-refractivity contribution in [1.82, 2.24) is 4.98 Å². The maximum Gasteiger partial charge on any atom is 0.351 e. The van der Waals surface area contributed by atoms with Gasteiger partial charge in [-0.1, -0.05) is 46.8 Å². The summed E-state index contributed by atoms with van der Waals surface area (Å²) < 4.78 is 10.6. The number of esters is 1. The second kappa shape index (κ2) is 6.27. The zero-order chi connectivity index (χ0) is 13.8. The van der Waals surface area contributed by atoms with Gasteiger partial charge in [-0.05, 0) is 12.1 Å². The van der Waals surface area contributed by atoms with Gasteiger partial charge in [0, 0.05) is 0 Å². The Morgan fingerprint density at radius 3 is 2.79 bits per heavy atom. The second-order valence-electron chi connectivity index (χ2n) is 3.34. The van der Waals surface area contributed by atoms with Crippen molar-refractivity contribution in [3.05, 3.63) is 34.3 Å². The molecule has 0 saturated heterocycles. The number of halogens is 1. The number of benzene rings is 1. The summed E-state index contributed by atoms with van der Waals surface area (Å²) in [7, 11) is 2.92. The summed E-state index contributed by atoms with van der Waals surface area (Å²) in [4.78, 5) is 16.8. The van der Waals surface area contributed by atoms with Crippen molar-refractivity contribution in [2.24, 2.45) is 0 Å². The molecule has 0 radical (unpaired) electrons. The summed E-state index contributed by atoms with van der Waals surface area (Å²) in [5.41, 5.74) is 0. The van der Waals surface area contributed by atoms with Gasteiger partial charge in [-0.3, -0.25) is 0 Å². The smallest absolute Gasteiger partial charge is 0.351 e. The topological polar surface area (TPSA) is 48.4 Å². The predicted molar refractivity (Wildman–Crippen MR) is 75.6 cm³/mol. The third kappa shape index (κ3) is 3.20. The molecule has 2 rings (SSSR count). The van der Waals surface area contributed by atoms with Crippen LogP contribution in [0.25, 0.3) is 0 Å². The highest BCUT2D eigenvalue weighted by molar-refractivity contribution is 8.01. The maximum absolute atomic E-state index is 11.5. The van der Waals surface area contributed by atoms with E-state index >= 15 is 0 Å². The molecule has 1 heterocycles. The summed E-state index contributed by atoms with van der Waals surface area (Å²) in [6, 6.07) is 7.56. The first-order valence-electron chi connectivity index (χ1n) is 5.21. The summed E-state index contributed by atoms with van der Waals surface area (Å²) in [6.07, 6.45) is 0. The van der Waals surface area contributed by atoms with Crippen molar-refractivity contribution in [3.8, 4) is 5.75 Å². The number of carbonyl (C=O) groups excluding carboxylic acids is 1. The van der Waals surface area contributed by atoms with Gasteiger partial charge in [-0.15, -0.1) is 0 Å². The van der Waals surface area contributed by atoms with E-state index in [0.717, 1.165) is 10.6 Å². The highest BCUT2D eigenvalue weighted by Gasteiger charge is 2.18. The van der Waals surface area contributed by atoms with E-state index in [9.17, 15) is 4.79 Å². The fraction of sp³-hybridized carbons (Fsp3) is 0.167. The molecule has 0 aliphatic rings. The van der Waals surface area contributed by atoms with Crippen molar-refractivity contribution in [2.75, 3.05) is 14.2 Å². The lowest BCUT2D eigenvalue weighted by molar-refractivity contribution is 0.0606. The standard InChI is InChI=1S/C12H10ClNO3S2/c1-16-7-5-3-4-6-8(7)18-12-14-10(13)9(19-12)11(15)17-2/h3-6H,1-2H3. The predicted octanol–water partition coefficient (Wildman–Crippen LogP) is 3.74. The lowest BCUT2D eigenvalue weighted by atomic mass is 10.3. The van der Waals surface area contributed by atoms with E-state index in [1.807, 2.05) is 24.3 Å². The van der Waals surface area contributed by atoms with Crippen LogP contribution in [-0.4, -0.2) is 25.2 Å². The molecule has 7 heteroatoms. The van der Waals surface area contributed by atoms with E-state index < -0.39 is 5.97 Å². The number of hydrogen-bond acceptors (Lipinski definition) is 6. The number of thiazole rings is 1. The number of rotatable bonds is 4. The lowest BCUT2D eigenvalue weighted by Gasteiger charge is -2.04. The lowest BCUT2D eigenvalue weighted by Crippen LogP contribution is -1.98. The fourth-order valence-electron chi connectivity index (χ4n) is 1.34. The Labute approximate surface area is 123 Å². The average Bonchev–Trinajstić information content (AvgIpc) is 2.79. The molecular weight excluding hydrogens is 306 g/mol. The summed E-state index contributed by atoms with van der Waals surface area (Å²) in [6.45, 7) is 0. The molecule has 1 aromatic heterocycles. The normalized spacial score (nSPS) is 10.3. The van der Waals surface area contributed by atoms with Gasteiger partial charge in [-0.25, -0.2) is 9.78 Å². The minimum Gasteiger partial charge on any atom is -0.496 e. The van der Waals surface area contributed by atoms with Crippen molar-refractivity contribution in [1.29, 1.82) is 0 Å². The van der Waals surface area contributed by atoms with E-state index in [-0.39, 0.29) is 5.15 Å². The third-order valence-corrected chi connectivity index (χ3v) is 4.74. The molecule has 1 aromatic carbocycles. The Bertz CT molecular complexity index is 600. The largest absolute Gasteiger partial charge is 0.496 e. The molecule has 0 bridgehead atoms. The van der Waals surface area contributed by atoms with E-state index in [1.165, 1.54) is 30.2 Å². The monoisotopic (exact) mass is 315 g/mol. The molecule has 0 N–H and O–H groups in total. The molecule has 2 aromatic rings. The molecule has 0 spiro atoms. The van der Waals surface area contributed by atoms with Crippen LogP contribution >= 0.6 is 34.7 Å². The molecule has 0 amide bonds. The van der Waals surface area contributed by atoms with Crippen molar-refractivity contribution < 1.29 is 14.3 Å². The third-order valence-electron chi connectivity index (χ3n) is 2.20. The molecule has 0 saturated carbocycles.